The lowest BCUT2D eigenvalue weighted by molar-refractivity contribution is -0.116. The van der Waals surface area contributed by atoms with Gasteiger partial charge in [0.05, 0.1) is 18.2 Å². The van der Waals surface area contributed by atoms with Gasteiger partial charge in [-0.15, -0.1) is 10.2 Å². The molecule has 0 unspecified atom stereocenters. The van der Waals surface area contributed by atoms with Gasteiger partial charge in [0.1, 0.15) is 18.2 Å². The van der Waals surface area contributed by atoms with Gasteiger partial charge in [-0.05, 0) is 18.2 Å². The number of carbonyl (C=O) groups excluding carboxylic acids is 2. The largest absolute Gasteiger partial charge is 0.465 e. The Morgan fingerprint density at radius 1 is 1.31 bits per heavy atom. The van der Waals surface area contributed by atoms with Crippen molar-refractivity contribution >= 4 is 39.4 Å². The fourth-order valence-corrected chi connectivity index (χ4v) is 2.98. The molecule has 2 aromatic heterocycles. The number of rotatable bonds is 6. The molecule has 1 aromatic carbocycles. The van der Waals surface area contributed by atoms with Crippen LogP contribution in [0.3, 0.4) is 0 Å². The van der Waals surface area contributed by atoms with Crippen molar-refractivity contribution in [2.24, 2.45) is 0 Å². The zero-order chi connectivity index (χ0) is 18.7. The van der Waals surface area contributed by atoms with Crippen molar-refractivity contribution < 1.29 is 23.5 Å². The van der Waals surface area contributed by atoms with Crippen LogP contribution in [0.5, 0.6) is 0 Å². The van der Waals surface area contributed by atoms with Gasteiger partial charge in [-0.3, -0.25) is 14.7 Å². The number of methoxy groups -OCH3 is 2. The quantitative estimate of drug-likeness (QED) is 0.630. The van der Waals surface area contributed by atoms with Gasteiger partial charge in [-0.25, -0.2) is 9.59 Å². The fourth-order valence-electron chi connectivity index (χ4n) is 2.25. The predicted octanol–water partition coefficient (Wildman–Crippen LogP) is 1.02. The van der Waals surface area contributed by atoms with Crippen LogP contribution in [-0.2, 0) is 27.4 Å². The molecular formula is C15H14N4O6S. The van der Waals surface area contributed by atoms with E-state index in [0.29, 0.717) is 22.3 Å². The summed E-state index contributed by atoms with van der Waals surface area (Å²) >= 11 is 1.17. The topological polar surface area (TPSA) is 126 Å². The minimum Gasteiger partial charge on any atom is -0.465 e. The van der Waals surface area contributed by atoms with Crippen molar-refractivity contribution in [2.45, 2.75) is 13.2 Å². The molecule has 3 aromatic rings. The molecule has 0 atom stereocenters. The van der Waals surface area contributed by atoms with E-state index in [2.05, 4.69) is 20.3 Å². The van der Waals surface area contributed by atoms with Crippen LogP contribution in [0.2, 0.25) is 0 Å². The first-order valence-corrected chi connectivity index (χ1v) is 8.16. The summed E-state index contributed by atoms with van der Waals surface area (Å²) in [4.78, 5) is 35.8. The number of oxazole rings is 1. The van der Waals surface area contributed by atoms with Crippen molar-refractivity contribution in [3.8, 4) is 0 Å². The number of carbonyl (C=O) groups is 2. The molecule has 11 heteroatoms. The van der Waals surface area contributed by atoms with E-state index in [1.807, 2.05) is 0 Å². The van der Waals surface area contributed by atoms with Gasteiger partial charge >= 0.3 is 11.7 Å². The maximum Gasteiger partial charge on any atom is 0.420 e. The van der Waals surface area contributed by atoms with Crippen molar-refractivity contribution in [2.75, 3.05) is 19.5 Å². The van der Waals surface area contributed by atoms with Gasteiger partial charge in [0.15, 0.2) is 5.58 Å². The summed E-state index contributed by atoms with van der Waals surface area (Å²) in [7, 11) is 2.78. The smallest absolute Gasteiger partial charge is 0.420 e. The SMILES string of the molecule is COCc1nnc(NC(=O)Cn2c(=O)oc3cc(C(=O)OC)ccc32)s1. The number of esters is 1. The Kier molecular flexibility index (Phi) is 5.09. The van der Waals surface area contributed by atoms with E-state index in [9.17, 15) is 14.4 Å². The number of fused-ring (bicyclic) bond motifs is 1. The predicted molar refractivity (Wildman–Crippen MR) is 91.1 cm³/mol. The highest BCUT2D eigenvalue weighted by molar-refractivity contribution is 7.15. The average Bonchev–Trinajstić information content (AvgIpc) is 3.18. The molecule has 0 radical (unpaired) electrons. The molecule has 0 fully saturated rings. The lowest BCUT2D eigenvalue weighted by Crippen LogP contribution is -2.24. The van der Waals surface area contributed by atoms with Gasteiger partial charge in [0, 0.05) is 7.11 Å². The van der Waals surface area contributed by atoms with Crippen LogP contribution < -0.4 is 11.1 Å². The molecule has 0 saturated heterocycles. The lowest BCUT2D eigenvalue weighted by Gasteiger charge is -2.03. The molecule has 0 aliphatic rings. The van der Waals surface area contributed by atoms with Crippen molar-refractivity contribution in [3.63, 3.8) is 0 Å². The van der Waals surface area contributed by atoms with Gasteiger partial charge < -0.3 is 13.9 Å². The zero-order valence-electron chi connectivity index (χ0n) is 13.8. The molecule has 0 bridgehead atoms. The van der Waals surface area contributed by atoms with Crippen molar-refractivity contribution in [1.82, 2.24) is 14.8 Å². The number of ether oxygens (including phenoxy) is 2. The minimum absolute atomic E-state index is 0.184. The van der Waals surface area contributed by atoms with E-state index in [-0.39, 0.29) is 17.7 Å². The molecule has 10 nitrogen and oxygen atoms in total. The van der Waals surface area contributed by atoms with E-state index < -0.39 is 17.6 Å². The number of benzene rings is 1. The van der Waals surface area contributed by atoms with E-state index in [1.165, 1.54) is 43.8 Å². The summed E-state index contributed by atoms with van der Waals surface area (Å²) in [6.07, 6.45) is 0. The van der Waals surface area contributed by atoms with Crippen LogP contribution in [0.1, 0.15) is 15.4 Å². The molecule has 136 valence electrons. The van der Waals surface area contributed by atoms with Gasteiger partial charge in [0.2, 0.25) is 11.0 Å². The molecule has 1 N–H and O–H groups in total. The van der Waals surface area contributed by atoms with Crippen LogP contribution in [0, 0.1) is 0 Å². The summed E-state index contributed by atoms with van der Waals surface area (Å²) < 4.78 is 15.8. The first-order valence-electron chi connectivity index (χ1n) is 7.34. The Morgan fingerprint density at radius 2 is 2.12 bits per heavy atom. The number of hydrogen-bond acceptors (Lipinski definition) is 9. The lowest BCUT2D eigenvalue weighted by atomic mass is 10.2. The zero-order valence-corrected chi connectivity index (χ0v) is 14.7. The number of nitrogens with one attached hydrogen (secondary N) is 1. The first-order chi connectivity index (χ1) is 12.5. The second-order valence-electron chi connectivity index (χ2n) is 5.11. The van der Waals surface area contributed by atoms with E-state index in [4.69, 9.17) is 9.15 Å². The van der Waals surface area contributed by atoms with E-state index in [1.54, 1.807) is 0 Å². The van der Waals surface area contributed by atoms with Crippen LogP contribution in [0.15, 0.2) is 27.4 Å². The number of anilines is 1. The second kappa shape index (κ2) is 7.45. The summed E-state index contributed by atoms with van der Waals surface area (Å²) in [5.41, 5.74) is 0.809. The molecule has 0 spiro atoms. The Hall–Kier alpha value is -3.05. The summed E-state index contributed by atoms with van der Waals surface area (Å²) in [5.74, 6) is -1.73. The maximum atomic E-state index is 12.2. The van der Waals surface area contributed by atoms with Crippen molar-refractivity contribution in [1.29, 1.82) is 0 Å². The molecule has 0 saturated carbocycles. The molecule has 1 amide bonds. The Balaban J connectivity index is 1.79. The standard InChI is InChI=1S/C15H14N4O6S/c1-23-7-12-17-18-14(26-12)16-11(20)6-19-9-4-3-8(13(21)24-2)5-10(9)25-15(19)22/h3-5H,6-7H2,1-2H3,(H,16,18,20). The van der Waals surface area contributed by atoms with Crippen LogP contribution in [0.4, 0.5) is 5.13 Å². The summed E-state index contributed by atoms with van der Waals surface area (Å²) in [6.45, 7) is 0.0183. The second-order valence-corrected chi connectivity index (χ2v) is 6.17. The van der Waals surface area contributed by atoms with Gasteiger partial charge in [0.25, 0.3) is 0 Å². The van der Waals surface area contributed by atoms with E-state index in [0.717, 1.165) is 4.57 Å². The third-order valence-electron chi connectivity index (χ3n) is 3.37. The van der Waals surface area contributed by atoms with Gasteiger partial charge in [-0.2, -0.15) is 0 Å². The fraction of sp³-hybridized carbons (Fsp3) is 0.267. The normalized spacial score (nSPS) is 10.8. The monoisotopic (exact) mass is 378 g/mol. The summed E-state index contributed by atoms with van der Waals surface area (Å²) in [5, 5.41) is 11.2. The number of aromatic nitrogens is 3. The van der Waals surface area contributed by atoms with Crippen LogP contribution >= 0.6 is 11.3 Å². The Bertz CT molecular complexity index is 1020. The van der Waals surface area contributed by atoms with Crippen LogP contribution in [-0.4, -0.2) is 40.9 Å². The van der Waals surface area contributed by atoms with Crippen LogP contribution in [0.25, 0.3) is 11.1 Å². The highest BCUT2D eigenvalue weighted by atomic mass is 32.1. The molecular weight excluding hydrogens is 364 g/mol. The van der Waals surface area contributed by atoms with Gasteiger partial charge in [-0.1, -0.05) is 11.3 Å². The highest BCUT2D eigenvalue weighted by Gasteiger charge is 2.16. The maximum absolute atomic E-state index is 12.2. The average molecular weight is 378 g/mol. The minimum atomic E-state index is -0.713. The third kappa shape index (κ3) is 3.63. The Morgan fingerprint density at radius 3 is 2.85 bits per heavy atom. The molecule has 26 heavy (non-hydrogen) atoms. The third-order valence-corrected chi connectivity index (χ3v) is 4.18. The molecule has 2 heterocycles. The number of hydrogen-bond donors (Lipinski definition) is 1. The summed E-state index contributed by atoms with van der Waals surface area (Å²) in [6, 6.07) is 4.39. The Labute approximate surface area is 150 Å². The number of nitrogens with zero attached hydrogens (tertiary/aromatic N) is 3. The van der Waals surface area contributed by atoms with E-state index >= 15 is 0 Å². The number of amides is 1. The molecule has 3 rings (SSSR count). The highest BCUT2D eigenvalue weighted by Crippen LogP contribution is 2.18. The molecule has 0 aliphatic heterocycles. The van der Waals surface area contributed by atoms with Crippen molar-refractivity contribution in [3.05, 3.63) is 39.3 Å². The molecule has 0 aliphatic carbocycles. The first kappa shape index (κ1) is 17.8.